The van der Waals surface area contributed by atoms with Gasteiger partial charge in [0.1, 0.15) is 0 Å². The van der Waals surface area contributed by atoms with Crippen molar-refractivity contribution < 1.29 is 4.74 Å². The lowest BCUT2D eigenvalue weighted by Gasteiger charge is -2.31. The van der Waals surface area contributed by atoms with Crippen LogP contribution in [-0.4, -0.2) is 13.2 Å². The fourth-order valence-corrected chi connectivity index (χ4v) is 2.74. The fraction of sp³-hybridized carbons (Fsp3) is 0.625. The molecule has 0 radical (unpaired) electrons. The Kier molecular flexibility index (Phi) is 4.79. The van der Waals surface area contributed by atoms with Crippen LogP contribution in [-0.2, 0) is 11.2 Å². The molecule has 0 bridgehead atoms. The van der Waals surface area contributed by atoms with E-state index in [4.69, 9.17) is 10.5 Å². The van der Waals surface area contributed by atoms with E-state index in [2.05, 4.69) is 38.1 Å². The van der Waals surface area contributed by atoms with Gasteiger partial charge in [0.25, 0.3) is 0 Å². The smallest absolute Gasteiger partial charge is 0.0488 e. The highest BCUT2D eigenvalue weighted by Crippen LogP contribution is 2.34. The van der Waals surface area contributed by atoms with E-state index in [1.165, 1.54) is 24.0 Å². The van der Waals surface area contributed by atoms with Crippen LogP contribution in [0.4, 0.5) is 0 Å². The van der Waals surface area contributed by atoms with E-state index < -0.39 is 0 Å². The van der Waals surface area contributed by atoms with E-state index in [9.17, 15) is 0 Å². The molecule has 2 unspecified atom stereocenters. The van der Waals surface area contributed by atoms with Crippen LogP contribution in [0.2, 0.25) is 0 Å². The van der Waals surface area contributed by atoms with Crippen molar-refractivity contribution in [1.82, 2.24) is 0 Å². The summed E-state index contributed by atoms with van der Waals surface area (Å²) < 4.78 is 5.68. The van der Waals surface area contributed by atoms with Crippen LogP contribution in [0.3, 0.4) is 0 Å². The maximum Gasteiger partial charge on any atom is 0.0488 e. The predicted octanol–water partition coefficient (Wildman–Crippen LogP) is 3.31. The molecule has 0 saturated heterocycles. The molecule has 1 aliphatic carbocycles. The van der Waals surface area contributed by atoms with Crippen LogP contribution in [0.15, 0.2) is 24.3 Å². The van der Waals surface area contributed by atoms with Crippen molar-refractivity contribution in [3.63, 3.8) is 0 Å². The Hall–Kier alpha value is -0.860. The second-order valence-corrected chi connectivity index (χ2v) is 5.78. The monoisotopic (exact) mass is 247 g/mol. The van der Waals surface area contributed by atoms with Gasteiger partial charge in [-0.25, -0.2) is 0 Å². The summed E-state index contributed by atoms with van der Waals surface area (Å²) in [5.74, 6) is 1.19. The van der Waals surface area contributed by atoms with E-state index >= 15 is 0 Å². The summed E-state index contributed by atoms with van der Waals surface area (Å²) >= 11 is 0. The highest BCUT2D eigenvalue weighted by atomic mass is 16.5. The van der Waals surface area contributed by atoms with Gasteiger partial charge in [-0.3, -0.25) is 0 Å². The average molecular weight is 247 g/mol. The summed E-state index contributed by atoms with van der Waals surface area (Å²) in [5, 5.41) is 0. The first-order valence-corrected chi connectivity index (χ1v) is 7.09. The molecule has 0 amide bonds. The number of ether oxygens (including phenoxy) is 1. The zero-order valence-corrected chi connectivity index (χ0v) is 11.6. The van der Waals surface area contributed by atoms with Crippen LogP contribution in [0, 0.1) is 11.8 Å². The molecular weight excluding hydrogens is 222 g/mol. The summed E-state index contributed by atoms with van der Waals surface area (Å²) in [4.78, 5) is 0. The summed E-state index contributed by atoms with van der Waals surface area (Å²) in [6.07, 6.45) is 3.45. The topological polar surface area (TPSA) is 35.2 Å². The first kappa shape index (κ1) is 13.6. The zero-order chi connectivity index (χ0) is 13.0. The van der Waals surface area contributed by atoms with Gasteiger partial charge in [-0.05, 0) is 42.2 Å². The molecule has 0 aliphatic heterocycles. The molecule has 0 saturated carbocycles. The number of fused-ring (bicyclic) bond motifs is 1. The minimum atomic E-state index is 0.192. The van der Waals surface area contributed by atoms with Crippen molar-refractivity contribution in [1.29, 1.82) is 0 Å². The third-order valence-corrected chi connectivity index (χ3v) is 3.79. The molecular formula is C16H25NO. The second-order valence-electron chi connectivity index (χ2n) is 5.78. The largest absolute Gasteiger partial charge is 0.381 e. The van der Waals surface area contributed by atoms with Crippen LogP contribution >= 0.6 is 0 Å². The molecule has 0 fully saturated rings. The molecule has 100 valence electrons. The molecule has 1 aliphatic rings. The van der Waals surface area contributed by atoms with Crippen molar-refractivity contribution in [2.75, 3.05) is 13.2 Å². The lowest BCUT2D eigenvalue weighted by Crippen LogP contribution is -2.28. The zero-order valence-electron chi connectivity index (χ0n) is 11.6. The first-order valence-electron chi connectivity index (χ1n) is 7.09. The van der Waals surface area contributed by atoms with Gasteiger partial charge < -0.3 is 10.5 Å². The third-order valence-electron chi connectivity index (χ3n) is 3.79. The number of hydrogen-bond acceptors (Lipinski definition) is 2. The molecule has 2 nitrogen and oxygen atoms in total. The van der Waals surface area contributed by atoms with Crippen molar-refractivity contribution in [3.05, 3.63) is 35.4 Å². The number of aryl methyl sites for hydroxylation is 1. The highest BCUT2D eigenvalue weighted by molar-refractivity contribution is 5.32. The normalized spacial score (nSPS) is 23.1. The fourth-order valence-electron chi connectivity index (χ4n) is 2.74. The maximum atomic E-state index is 6.38. The van der Waals surface area contributed by atoms with E-state index in [-0.39, 0.29) is 6.04 Å². The van der Waals surface area contributed by atoms with E-state index in [0.29, 0.717) is 11.8 Å². The summed E-state index contributed by atoms with van der Waals surface area (Å²) in [7, 11) is 0. The van der Waals surface area contributed by atoms with Crippen molar-refractivity contribution in [2.45, 2.75) is 39.2 Å². The minimum absolute atomic E-state index is 0.192. The predicted molar refractivity (Wildman–Crippen MR) is 75.5 cm³/mol. The van der Waals surface area contributed by atoms with Gasteiger partial charge in [0, 0.05) is 19.3 Å². The van der Waals surface area contributed by atoms with Crippen molar-refractivity contribution in [3.8, 4) is 0 Å². The van der Waals surface area contributed by atoms with Crippen LogP contribution in [0.1, 0.15) is 43.9 Å². The van der Waals surface area contributed by atoms with Gasteiger partial charge in [-0.2, -0.15) is 0 Å². The maximum absolute atomic E-state index is 6.38. The first-order chi connectivity index (χ1) is 8.68. The summed E-state index contributed by atoms with van der Waals surface area (Å²) in [6.45, 7) is 6.07. The van der Waals surface area contributed by atoms with Gasteiger partial charge in [0.05, 0.1) is 0 Å². The number of benzene rings is 1. The summed E-state index contributed by atoms with van der Waals surface area (Å²) in [6, 6.07) is 8.79. The Morgan fingerprint density at radius 3 is 2.89 bits per heavy atom. The molecule has 1 aromatic carbocycles. The molecule has 2 heteroatoms. The Morgan fingerprint density at radius 1 is 1.33 bits per heavy atom. The Labute approximate surface area is 111 Å². The van der Waals surface area contributed by atoms with Crippen molar-refractivity contribution >= 4 is 0 Å². The molecule has 0 spiro atoms. The minimum Gasteiger partial charge on any atom is -0.381 e. The van der Waals surface area contributed by atoms with Gasteiger partial charge in [0.2, 0.25) is 0 Å². The molecule has 0 aromatic heterocycles. The van der Waals surface area contributed by atoms with E-state index in [1.54, 1.807) is 0 Å². The molecule has 2 rings (SSSR count). The van der Waals surface area contributed by atoms with E-state index in [0.717, 1.165) is 19.6 Å². The standard InChI is InChI=1S/C16H25NO/c1-12(2)11-18-10-9-14-8-7-13-5-3-4-6-15(13)16(14)17/h3-6,12,14,16H,7-11,17H2,1-2H3. The van der Waals surface area contributed by atoms with Crippen LogP contribution in [0.5, 0.6) is 0 Å². The van der Waals surface area contributed by atoms with Gasteiger partial charge in [-0.15, -0.1) is 0 Å². The number of nitrogens with two attached hydrogens (primary N) is 1. The van der Waals surface area contributed by atoms with Gasteiger partial charge >= 0.3 is 0 Å². The van der Waals surface area contributed by atoms with Crippen molar-refractivity contribution in [2.24, 2.45) is 17.6 Å². The highest BCUT2D eigenvalue weighted by Gasteiger charge is 2.25. The van der Waals surface area contributed by atoms with E-state index in [1.807, 2.05) is 0 Å². The van der Waals surface area contributed by atoms with Gasteiger partial charge in [0.15, 0.2) is 0 Å². The Bertz CT molecular complexity index is 375. The SMILES string of the molecule is CC(C)COCCC1CCc2ccccc2C1N. The quantitative estimate of drug-likeness (QED) is 0.810. The lowest BCUT2D eigenvalue weighted by atomic mass is 9.79. The average Bonchev–Trinajstić information content (AvgIpc) is 2.37. The number of rotatable bonds is 5. The molecule has 0 heterocycles. The summed E-state index contributed by atoms with van der Waals surface area (Å²) in [5.41, 5.74) is 9.16. The molecule has 1 aromatic rings. The number of hydrogen-bond donors (Lipinski definition) is 1. The Balaban J connectivity index is 1.85. The van der Waals surface area contributed by atoms with Crippen LogP contribution in [0.25, 0.3) is 0 Å². The second kappa shape index (κ2) is 6.35. The lowest BCUT2D eigenvalue weighted by molar-refractivity contribution is 0.0927. The molecule has 2 atom stereocenters. The van der Waals surface area contributed by atoms with Crippen LogP contribution < -0.4 is 5.73 Å². The van der Waals surface area contributed by atoms with Gasteiger partial charge in [-0.1, -0.05) is 38.1 Å². The Morgan fingerprint density at radius 2 is 2.11 bits per heavy atom. The molecule has 2 N–H and O–H groups in total. The molecule has 18 heavy (non-hydrogen) atoms. The third kappa shape index (κ3) is 3.33.